The molecule has 0 rings (SSSR count). The van der Waals surface area contributed by atoms with Crippen LogP contribution < -0.4 is 0 Å². The largest absolute Gasteiger partial charge is 0.382 e. The van der Waals surface area contributed by atoms with Gasteiger partial charge in [0.25, 0.3) is 0 Å². The molecule has 16 heavy (non-hydrogen) atoms. The van der Waals surface area contributed by atoms with E-state index in [1.54, 1.807) is 7.11 Å². The number of hydrogen-bond acceptors (Lipinski definition) is 5. The van der Waals surface area contributed by atoms with E-state index in [4.69, 9.17) is 18.9 Å². The van der Waals surface area contributed by atoms with Crippen LogP contribution in [0, 0.1) is 0 Å². The van der Waals surface area contributed by atoms with E-state index < -0.39 is 0 Å². The summed E-state index contributed by atoms with van der Waals surface area (Å²) in [6.07, 6.45) is 0.337. The summed E-state index contributed by atoms with van der Waals surface area (Å²) in [6.45, 7) is 3.67. The molecule has 0 spiro atoms. The minimum Gasteiger partial charge on any atom is -0.382 e. The van der Waals surface area contributed by atoms with Crippen LogP contribution >= 0.6 is 12.6 Å². The highest BCUT2D eigenvalue weighted by Gasteiger charge is 1.94. The van der Waals surface area contributed by atoms with Gasteiger partial charge in [0.05, 0.1) is 46.2 Å². The molecule has 0 amide bonds. The van der Waals surface area contributed by atoms with Crippen LogP contribution in [0.3, 0.4) is 0 Å². The second kappa shape index (κ2) is 12.9. The van der Waals surface area contributed by atoms with Crippen molar-refractivity contribution in [2.45, 2.75) is 6.42 Å². The summed E-state index contributed by atoms with van der Waals surface area (Å²) in [5, 5.41) is -0.160. The van der Waals surface area contributed by atoms with Gasteiger partial charge in [-0.2, -0.15) is 0 Å². The molecular formula is C10H20O5S. The Morgan fingerprint density at radius 1 is 0.875 bits per heavy atom. The highest BCUT2D eigenvalue weighted by atomic mass is 32.1. The van der Waals surface area contributed by atoms with Crippen LogP contribution in [0.15, 0.2) is 0 Å². The van der Waals surface area contributed by atoms with E-state index in [1.807, 2.05) is 0 Å². The van der Waals surface area contributed by atoms with E-state index >= 15 is 0 Å². The number of methoxy groups -OCH3 is 1. The molecule has 6 heteroatoms. The van der Waals surface area contributed by atoms with E-state index in [1.165, 1.54) is 0 Å². The average molecular weight is 252 g/mol. The molecule has 0 aromatic rings. The Bertz CT molecular complexity index is 165. The minimum atomic E-state index is -0.160. The lowest BCUT2D eigenvalue weighted by Gasteiger charge is -2.05. The van der Waals surface area contributed by atoms with Crippen LogP contribution in [-0.2, 0) is 23.7 Å². The van der Waals surface area contributed by atoms with Gasteiger partial charge in [0, 0.05) is 13.5 Å². The molecular weight excluding hydrogens is 232 g/mol. The molecule has 0 aliphatic rings. The van der Waals surface area contributed by atoms with E-state index in [0.717, 1.165) is 0 Å². The molecule has 0 radical (unpaired) electrons. The Balaban J connectivity index is 2.90. The number of rotatable bonds is 12. The topological polar surface area (TPSA) is 54.0 Å². The van der Waals surface area contributed by atoms with Crippen LogP contribution in [0.4, 0.5) is 0 Å². The van der Waals surface area contributed by atoms with Gasteiger partial charge in [0.2, 0.25) is 0 Å². The van der Waals surface area contributed by atoms with Gasteiger partial charge >= 0.3 is 0 Å². The minimum absolute atomic E-state index is 0.160. The number of ether oxygens (including phenoxy) is 4. The van der Waals surface area contributed by atoms with Gasteiger partial charge in [-0.15, -0.1) is 12.6 Å². The first kappa shape index (κ1) is 15.9. The molecule has 0 unspecified atom stereocenters. The molecule has 0 aliphatic carbocycles. The lowest BCUT2D eigenvalue weighted by molar-refractivity contribution is -0.111. The molecule has 0 N–H and O–H groups in total. The third-order valence-electron chi connectivity index (χ3n) is 1.64. The summed E-state index contributed by atoms with van der Waals surface area (Å²) >= 11 is 3.62. The molecule has 0 saturated carbocycles. The number of hydrogen-bond donors (Lipinski definition) is 1. The zero-order valence-electron chi connectivity index (χ0n) is 9.65. The molecule has 0 atom stereocenters. The Labute approximate surface area is 102 Å². The second-order valence-electron chi connectivity index (χ2n) is 2.97. The number of carbonyl (C=O) groups is 1. The second-order valence-corrected chi connectivity index (χ2v) is 3.47. The molecule has 96 valence electrons. The lowest BCUT2D eigenvalue weighted by atomic mass is 10.5. The summed E-state index contributed by atoms with van der Waals surface area (Å²) in [6, 6.07) is 0. The highest BCUT2D eigenvalue weighted by Crippen LogP contribution is 1.89. The molecule has 0 heterocycles. The van der Waals surface area contributed by atoms with E-state index in [2.05, 4.69) is 12.6 Å². The molecule has 5 nitrogen and oxygen atoms in total. The summed E-state index contributed by atoms with van der Waals surface area (Å²) in [4.78, 5) is 10.4. The highest BCUT2D eigenvalue weighted by molar-refractivity contribution is 7.96. The van der Waals surface area contributed by atoms with Gasteiger partial charge in [-0.25, -0.2) is 0 Å². The fourth-order valence-corrected chi connectivity index (χ4v) is 0.935. The van der Waals surface area contributed by atoms with Gasteiger partial charge in [0.15, 0.2) is 5.12 Å². The summed E-state index contributed by atoms with van der Waals surface area (Å²) in [5.74, 6) is 0. The smallest absolute Gasteiger partial charge is 0.188 e. The van der Waals surface area contributed by atoms with Crippen LogP contribution in [0.1, 0.15) is 6.42 Å². The quantitative estimate of drug-likeness (QED) is 0.405. The fourth-order valence-electron chi connectivity index (χ4n) is 0.844. The predicted octanol–water partition coefficient (Wildman–Crippen LogP) is 0.529. The van der Waals surface area contributed by atoms with Crippen molar-refractivity contribution in [3.05, 3.63) is 0 Å². The maximum Gasteiger partial charge on any atom is 0.188 e. The van der Waals surface area contributed by atoms with E-state index in [-0.39, 0.29) is 5.12 Å². The third kappa shape index (κ3) is 13.9. The van der Waals surface area contributed by atoms with Gasteiger partial charge < -0.3 is 18.9 Å². The average Bonchev–Trinajstić information content (AvgIpc) is 2.25. The Kier molecular flexibility index (Phi) is 12.8. The first-order chi connectivity index (χ1) is 7.77. The Morgan fingerprint density at radius 3 is 1.75 bits per heavy atom. The zero-order valence-corrected chi connectivity index (χ0v) is 10.5. The summed E-state index contributed by atoms with van der Waals surface area (Å²) < 4.78 is 20.4. The lowest BCUT2D eigenvalue weighted by Crippen LogP contribution is -2.11. The maximum absolute atomic E-state index is 10.4. The van der Waals surface area contributed by atoms with Crippen molar-refractivity contribution in [1.29, 1.82) is 0 Å². The Hall–Kier alpha value is -0.140. The first-order valence-electron chi connectivity index (χ1n) is 5.21. The molecule has 0 fully saturated rings. The van der Waals surface area contributed by atoms with Crippen LogP contribution in [0.5, 0.6) is 0 Å². The normalized spacial score (nSPS) is 10.6. The molecule has 0 aromatic heterocycles. The van der Waals surface area contributed by atoms with Crippen molar-refractivity contribution < 1.29 is 23.7 Å². The molecule has 0 aliphatic heterocycles. The third-order valence-corrected chi connectivity index (χ3v) is 1.86. The molecule has 0 bridgehead atoms. The van der Waals surface area contributed by atoms with Crippen LogP contribution in [0.25, 0.3) is 0 Å². The maximum atomic E-state index is 10.4. The van der Waals surface area contributed by atoms with Gasteiger partial charge in [-0.05, 0) is 0 Å². The van der Waals surface area contributed by atoms with Gasteiger partial charge in [-0.1, -0.05) is 0 Å². The summed E-state index contributed by atoms with van der Waals surface area (Å²) in [7, 11) is 1.63. The van der Waals surface area contributed by atoms with Crippen molar-refractivity contribution >= 4 is 17.7 Å². The van der Waals surface area contributed by atoms with Crippen molar-refractivity contribution in [1.82, 2.24) is 0 Å². The number of carbonyl (C=O) groups excluding carboxylic acids is 1. The molecule has 0 aromatic carbocycles. The summed E-state index contributed by atoms with van der Waals surface area (Å²) in [5.41, 5.74) is 0. The Morgan fingerprint density at radius 2 is 1.31 bits per heavy atom. The van der Waals surface area contributed by atoms with E-state index in [9.17, 15) is 4.79 Å². The van der Waals surface area contributed by atoms with Crippen LogP contribution in [0.2, 0.25) is 0 Å². The SMILES string of the molecule is COCCOCCOCCOCCC(=O)S. The van der Waals surface area contributed by atoms with Crippen molar-refractivity contribution in [2.24, 2.45) is 0 Å². The predicted molar refractivity (Wildman–Crippen MR) is 62.9 cm³/mol. The van der Waals surface area contributed by atoms with E-state index in [0.29, 0.717) is 52.7 Å². The van der Waals surface area contributed by atoms with Crippen molar-refractivity contribution in [3.63, 3.8) is 0 Å². The fraction of sp³-hybridized carbons (Fsp3) is 0.900. The van der Waals surface area contributed by atoms with Crippen LogP contribution in [-0.4, -0.2) is 58.5 Å². The standard InChI is InChI=1S/C10H20O5S/c1-12-4-5-14-8-9-15-7-6-13-3-2-10(11)16/h2-9H2,1H3,(H,11,16). The first-order valence-corrected chi connectivity index (χ1v) is 5.66. The van der Waals surface area contributed by atoms with Crippen molar-refractivity contribution in [3.8, 4) is 0 Å². The van der Waals surface area contributed by atoms with Gasteiger partial charge in [0.1, 0.15) is 0 Å². The van der Waals surface area contributed by atoms with Gasteiger partial charge in [-0.3, -0.25) is 4.79 Å². The monoisotopic (exact) mass is 252 g/mol. The molecule has 0 saturated heterocycles. The number of thiol groups is 1. The zero-order chi connectivity index (χ0) is 12.1. The van der Waals surface area contributed by atoms with Crippen molar-refractivity contribution in [2.75, 3.05) is 53.4 Å².